The summed E-state index contributed by atoms with van der Waals surface area (Å²) in [5, 5.41) is 4.79. The zero-order valence-corrected chi connectivity index (χ0v) is 19.3. The Labute approximate surface area is 194 Å². The molecule has 0 atom stereocenters. The first-order valence-corrected chi connectivity index (χ1v) is 12.4. The number of nitrogens with zero attached hydrogens (tertiary/aromatic N) is 5. The number of hydrogen-bond acceptors (Lipinski definition) is 6. The number of piperidine rings is 3. The predicted molar refractivity (Wildman–Crippen MR) is 125 cm³/mol. The maximum absolute atomic E-state index is 13.1. The Balaban J connectivity index is 1.11. The number of hydrogen-bond donors (Lipinski definition) is 0. The number of carbonyl (C=O) groups excluding carboxylic acids is 1. The summed E-state index contributed by atoms with van der Waals surface area (Å²) in [5.41, 5.74) is 0.877. The van der Waals surface area contributed by atoms with Crippen LogP contribution in [0.1, 0.15) is 44.9 Å². The lowest BCUT2D eigenvalue weighted by Gasteiger charge is -2.41. The van der Waals surface area contributed by atoms with Gasteiger partial charge in [0.2, 0.25) is 11.7 Å². The van der Waals surface area contributed by atoms with Crippen LogP contribution in [0.15, 0.2) is 28.8 Å². The van der Waals surface area contributed by atoms with Gasteiger partial charge in [0, 0.05) is 48.7 Å². The molecule has 3 aliphatic rings. The molecule has 7 nitrogen and oxygen atoms in total. The van der Waals surface area contributed by atoms with E-state index >= 15 is 0 Å². The Bertz CT molecular complexity index is 895. The van der Waals surface area contributed by atoms with E-state index in [0.29, 0.717) is 28.8 Å². The zero-order valence-electron chi connectivity index (χ0n) is 18.6. The molecule has 172 valence electrons. The molecule has 4 heterocycles. The van der Waals surface area contributed by atoms with Gasteiger partial charge in [0.1, 0.15) is 0 Å². The van der Waals surface area contributed by atoms with Crippen LogP contribution in [0.5, 0.6) is 0 Å². The van der Waals surface area contributed by atoms with Crippen LogP contribution < -0.4 is 4.90 Å². The van der Waals surface area contributed by atoms with Gasteiger partial charge < -0.3 is 19.2 Å². The third-order valence-electron chi connectivity index (χ3n) is 7.32. The number of rotatable bonds is 4. The summed E-state index contributed by atoms with van der Waals surface area (Å²) >= 11 is 5.96. The van der Waals surface area contributed by atoms with Gasteiger partial charge in [0.15, 0.2) is 0 Å². The van der Waals surface area contributed by atoms with Crippen molar-refractivity contribution in [3.05, 3.63) is 29.3 Å². The van der Waals surface area contributed by atoms with Gasteiger partial charge in [-0.15, -0.1) is 0 Å². The summed E-state index contributed by atoms with van der Waals surface area (Å²) in [4.78, 5) is 24.6. The summed E-state index contributed by atoms with van der Waals surface area (Å²) in [6.07, 6.45) is 7.96. The van der Waals surface area contributed by atoms with Crippen molar-refractivity contribution in [1.29, 1.82) is 0 Å². The minimum Gasteiger partial charge on any atom is -0.342 e. The molecule has 5 rings (SSSR count). The first-order valence-electron chi connectivity index (χ1n) is 12.0. The molecule has 3 saturated heterocycles. The van der Waals surface area contributed by atoms with Crippen molar-refractivity contribution in [2.24, 2.45) is 5.92 Å². The number of likely N-dealkylation sites (tertiary alicyclic amines) is 2. The molecule has 0 spiro atoms. The van der Waals surface area contributed by atoms with Crippen molar-refractivity contribution in [2.75, 3.05) is 44.2 Å². The summed E-state index contributed by atoms with van der Waals surface area (Å²) in [6.45, 7) is 5.84. The molecular weight excluding hydrogens is 426 g/mol. The van der Waals surface area contributed by atoms with Crippen LogP contribution in [-0.4, -0.2) is 71.2 Å². The van der Waals surface area contributed by atoms with E-state index in [1.807, 2.05) is 24.3 Å². The minimum absolute atomic E-state index is 0.108. The molecule has 3 aliphatic heterocycles. The highest BCUT2D eigenvalue weighted by Crippen LogP contribution is 2.28. The molecule has 3 fully saturated rings. The van der Waals surface area contributed by atoms with Crippen LogP contribution in [0.25, 0.3) is 11.4 Å². The second kappa shape index (κ2) is 9.79. The fraction of sp³-hybridized carbons (Fsp3) is 0.625. The van der Waals surface area contributed by atoms with Crippen molar-refractivity contribution >= 4 is 23.5 Å². The number of anilines is 1. The lowest BCUT2D eigenvalue weighted by molar-refractivity contribution is -0.137. The van der Waals surface area contributed by atoms with Crippen LogP contribution in [0.2, 0.25) is 5.02 Å². The molecule has 0 unspecified atom stereocenters. The number of amides is 1. The Morgan fingerprint density at radius 1 is 0.906 bits per heavy atom. The molecule has 1 aromatic carbocycles. The Kier molecular flexibility index (Phi) is 6.64. The van der Waals surface area contributed by atoms with Gasteiger partial charge in [0.05, 0.1) is 0 Å². The first-order chi connectivity index (χ1) is 15.7. The molecule has 1 aromatic heterocycles. The SMILES string of the molecule is O=C(C1CCN(c2nc(-c3ccc(Cl)cc3)no2)CC1)N1CCC(N2CCCCC2)CC1. The lowest BCUT2D eigenvalue weighted by atomic mass is 9.93. The molecular formula is C24H32ClN5O2. The summed E-state index contributed by atoms with van der Waals surface area (Å²) in [7, 11) is 0. The molecule has 1 amide bonds. The van der Waals surface area contributed by atoms with Gasteiger partial charge in [-0.1, -0.05) is 23.2 Å². The van der Waals surface area contributed by atoms with E-state index in [4.69, 9.17) is 16.1 Å². The van der Waals surface area contributed by atoms with Gasteiger partial charge >= 0.3 is 6.01 Å². The van der Waals surface area contributed by atoms with E-state index in [9.17, 15) is 4.79 Å². The fourth-order valence-corrected chi connectivity index (χ4v) is 5.50. The third-order valence-corrected chi connectivity index (χ3v) is 7.57. The predicted octanol–water partition coefficient (Wildman–Crippen LogP) is 4.08. The van der Waals surface area contributed by atoms with Crippen LogP contribution >= 0.6 is 11.6 Å². The number of halogens is 1. The van der Waals surface area contributed by atoms with E-state index in [2.05, 4.69) is 24.8 Å². The normalized spacial score (nSPS) is 21.8. The zero-order chi connectivity index (χ0) is 21.9. The van der Waals surface area contributed by atoms with Crippen LogP contribution in [0, 0.1) is 5.92 Å². The van der Waals surface area contributed by atoms with Crippen LogP contribution in [-0.2, 0) is 4.79 Å². The third kappa shape index (κ3) is 4.79. The topological polar surface area (TPSA) is 65.7 Å². The van der Waals surface area contributed by atoms with E-state index in [0.717, 1.165) is 57.4 Å². The second-order valence-corrected chi connectivity index (χ2v) is 9.76. The van der Waals surface area contributed by atoms with E-state index in [1.165, 1.54) is 32.4 Å². The van der Waals surface area contributed by atoms with Crippen molar-refractivity contribution in [1.82, 2.24) is 19.9 Å². The number of aromatic nitrogens is 2. The van der Waals surface area contributed by atoms with Crippen LogP contribution in [0.4, 0.5) is 6.01 Å². The standard InChI is InChI=1S/C24H32ClN5O2/c25-20-6-4-18(5-7-20)22-26-24(32-27-22)30-14-8-19(9-15-30)23(31)29-16-10-21(11-17-29)28-12-2-1-3-13-28/h4-7,19,21H,1-3,8-17H2. The molecule has 0 bridgehead atoms. The summed E-state index contributed by atoms with van der Waals surface area (Å²) in [6, 6.07) is 8.61. The lowest BCUT2D eigenvalue weighted by Crippen LogP contribution is -2.50. The Morgan fingerprint density at radius 2 is 1.59 bits per heavy atom. The van der Waals surface area contributed by atoms with E-state index in [-0.39, 0.29) is 5.92 Å². The van der Waals surface area contributed by atoms with E-state index < -0.39 is 0 Å². The highest BCUT2D eigenvalue weighted by atomic mass is 35.5. The largest absolute Gasteiger partial charge is 0.342 e. The van der Waals surface area contributed by atoms with Gasteiger partial charge in [-0.2, -0.15) is 4.98 Å². The highest BCUT2D eigenvalue weighted by molar-refractivity contribution is 6.30. The first kappa shape index (κ1) is 21.7. The monoisotopic (exact) mass is 457 g/mol. The van der Waals surface area contributed by atoms with Crippen molar-refractivity contribution < 1.29 is 9.32 Å². The smallest absolute Gasteiger partial charge is 0.324 e. The number of benzene rings is 1. The second-order valence-electron chi connectivity index (χ2n) is 9.32. The number of carbonyl (C=O) groups is 1. The van der Waals surface area contributed by atoms with Crippen LogP contribution in [0.3, 0.4) is 0 Å². The average Bonchev–Trinajstić information content (AvgIpc) is 3.35. The molecule has 0 N–H and O–H groups in total. The molecule has 0 aliphatic carbocycles. The summed E-state index contributed by atoms with van der Waals surface area (Å²) < 4.78 is 5.50. The molecule has 8 heteroatoms. The molecule has 2 aromatic rings. The Hall–Kier alpha value is -2.12. The highest BCUT2D eigenvalue weighted by Gasteiger charge is 2.33. The fourth-order valence-electron chi connectivity index (χ4n) is 5.37. The van der Waals surface area contributed by atoms with Gasteiger partial charge in [-0.3, -0.25) is 4.79 Å². The minimum atomic E-state index is 0.108. The van der Waals surface area contributed by atoms with Gasteiger partial charge in [0.25, 0.3) is 0 Å². The van der Waals surface area contributed by atoms with Crippen molar-refractivity contribution in [3.8, 4) is 11.4 Å². The Morgan fingerprint density at radius 3 is 2.28 bits per heavy atom. The summed E-state index contributed by atoms with van der Waals surface area (Å²) in [5.74, 6) is 1.01. The average molecular weight is 458 g/mol. The van der Waals surface area contributed by atoms with Gasteiger partial charge in [-0.25, -0.2) is 0 Å². The maximum atomic E-state index is 13.1. The molecule has 32 heavy (non-hydrogen) atoms. The van der Waals surface area contributed by atoms with Crippen molar-refractivity contribution in [2.45, 2.75) is 51.0 Å². The quantitative estimate of drug-likeness (QED) is 0.689. The molecule has 0 saturated carbocycles. The van der Waals surface area contributed by atoms with Gasteiger partial charge in [-0.05, 0) is 75.9 Å². The maximum Gasteiger partial charge on any atom is 0.324 e. The van der Waals surface area contributed by atoms with Crippen molar-refractivity contribution in [3.63, 3.8) is 0 Å². The molecule has 0 radical (unpaired) electrons. The van der Waals surface area contributed by atoms with E-state index in [1.54, 1.807) is 0 Å².